The number of phenols is 2. The van der Waals surface area contributed by atoms with Crippen molar-refractivity contribution in [1.82, 2.24) is 4.98 Å². The average Bonchev–Trinajstić information content (AvgIpc) is 2.57. The zero-order valence-corrected chi connectivity index (χ0v) is 13.3. The number of hydrogen-bond donors (Lipinski definition) is 6. The van der Waals surface area contributed by atoms with Crippen LogP contribution >= 0.6 is 0 Å². The Hall–Kier alpha value is -4.15. The highest BCUT2D eigenvalue weighted by atomic mass is 16.4. The van der Waals surface area contributed by atoms with Crippen molar-refractivity contribution in [3.05, 3.63) is 46.6 Å². The maximum absolute atomic E-state index is 12.3. The second kappa shape index (κ2) is 7.39. The summed E-state index contributed by atoms with van der Waals surface area (Å²) in [6.45, 7) is 0. The largest absolute Gasteiger partial charge is 0.508 e. The summed E-state index contributed by atoms with van der Waals surface area (Å²) in [5.74, 6) is -7.11. The van der Waals surface area contributed by atoms with E-state index in [1.165, 1.54) is 0 Å². The molecule has 27 heavy (non-hydrogen) atoms. The fourth-order valence-electron chi connectivity index (χ4n) is 2.17. The Labute approximate surface area is 150 Å². The molecule has 11 nitrogen and oxygen atoms in total. The van der Waals surface area contributed by atoms with E-state index in [0.717, 1.165) is 24.4 Å². The number of carboxylic acids is 3. The van der Waals surface area contributed by atoms with Crippen molar-refractivity contribution in [3.63, 3.8) is 0 Å². The molecule has 0 aliphatic carbocycles. The standard InChI is InChI=1S/C16H12N2O9/c19-8-1-6(3-11(20)21)12(22)9(4-8)14(23)18-13-10(16(26)27)2-7(5-17-13)15(24)25/h1-2,4-5,19,22H,3H2,(H,20,21)(H,24,25)(H,26,27)(H,17,18,23). The number of nitrogens with zero attached hydrogens (tertiary/aromatic N) is 1. The van der Waals surface area contributed by atoms with E-state index in [1.807, 2.05) is 0 Å². The van der Waals surface area contributed by atoms with Gasteiger partial charge in [-0.1, -0.05) is 0 Å². The van der Waals surface area contributed by atoms with Crippen molar-refractivity contribution in [2.45, 2.75) is 6.42 Å². The number of nitrogens with one attached hydrogen (secondary N) is 1. The number of aliphatic carboxylic acids is 1. The van der Waals surface area contributed by atoms with Gasteiger partial charge in [-0.25, -0.2) is 14.6 Å². The summed E-state index contributed by atoms with van der Waals surface area (Å²) < 4.78 is 0. The zero-order chi connectivity index (χ0) is 20.3. The highest BCUT2D eigenvalue weighted by molar-refractivity contribution is 6.09. The Bertz CT molecular complexity index is 969. The van der Waals surface area contributed by atoms with E-state index in [0.29, 0.717) is 0 Å². The molecule has 0 aliphatic heterocycles. The van der Waals surface area contributed by atoms with Crippen LogP contribution in [-0.4, -0.2) is 54.3 Å². The maximum atomic E-state index is 12.3. The minimum Gasteiger partial charge on any atom is -0.508 e. The third-order valence-electron chi connectivity index (χ3n) is 3.36. The van der Waals surface area contributed by atoms with E-state index in [4.69, 9.17) is 15.3 Å². The van der Waals surface area contributed by atoms with E-state index in [-0.39, 0.29) is 5.56 Å². The molecule has 6 N–H and O–H groups in total. The van der Waals surface area contributed by atoms with Gasteiger partial charge in [0.25, 0.3) is 5.91 Å². The van der Waals surface area contributed by atoms with Gasteiger partial charge in [-0.3, -0.25) is 9.59 Å². The van der Waals surface area contributed by atoms with Gasteiger partial charge in [0, 0.05) is 11.8 Å². The lowest BCUT2D eigenvalue weighted by molar-refractivity contribution is -0.136. The van der Waals surface area contributed by atoms with E-state index < -0.39 is 64.2 Å². The summed E-state index contributed by atoms with van der Waals surface area (Å²) in [5.41, 5.74) is -1.80. The highest BCUT2D eigenvalue weighted by Crippen LogP contribution is 2.29. The third kappa shape index (κ3) is 4.28. The van der Waals surface area contributed by atoms with Crippen LogP contribution in [0.2, 0.25) is 0 Å². The first-order valence-electron chi connectivity index (χ1n) is 7.14. The van der Waals surface area contributed by atoms with Crippen molar-refractivity contribution >= 4 is 29.6 Å². The van der Waals surface area contributed by atoms with Crippen LogP contribution in [0, 0.1) is 0 Å². The number of aromatic carboxylic acids is 2. The van der Waals surface area contributed by atoms with Crippen LogP contribution in [0.25, 0.3) is 0 Å². The highest BCUT2D eigenvalue weighted by Gasteiger charge is 2.22. The minimum atomic E-state index is -1.56. The molecule has 0 spiro atoms. The SMILES string of the molecule is O=C(O)Cc1cc(O)cc(C(=O)Nc2ncc(C(=O)O)cc2C(=O)O)c1O. The van der Waals surface area contributed by atoms with Crippen LogP contribution in [0.3, 0.4) is 0 Å². The van der Waals surface area contributed by atoms with Crippen molar-refractivity contribution in [3.8, 4) is 11.5 Å². The van der Waals surface area contributed by atoms with Gasteiger partial charge >= 0.3 is 17.9 Å². The number of carbonyl (C=O) groups excluding carboxylic acids is 1. The minimum absolute atomic E-state index is 0.236. The van der Waals surface area contributed by atoms with Crippen LogP contribution in [0.15, 0.2) is 24.4 Å². The van der Waals surface area contributed by atoms with Crippen LogP contribution < -0.4 is 5.32 Å². The molecule has 2 rings (SSSR count). The molecule has 2 aromatic rings. The molecule has 1 aromatic heterocycles. The molecule has 0 saturated heterocycles. The van der Waals surface area contributed by atoms with Gasteiger partial charge in [-0.2, -0.15) is 0 Å². The number of hydrogen-bond acceptors (Lipinski definition) is 7. The first-order valence-corrected chi connectivity index (χ1v) is 7.14. The number of pyridine rings is 1. The first kappa shape index (κ1) is 19.2. The lowest BCUT2D eigenvalue weighted by atomic mass is 10.0. The maximum Gasteiger partial charge on any atom is 0.339 e. The van der Waals surface area contributed by atoms with E-state index >= 15 is 0 Å². The summed E-state index contributed by atoms with van der Waals surface area (Å²) in [5, 5.41) is 48.6. The summed E-state index contributed by atoms with van der Waals surface area (Å²) >= 11 is 0. The summed E-state index contributed by atoms with van der Waals surface area (Å²) in [6, 6.07) is 2.59. The monoisotopic (exact) mass is 376 g/mol. The quantitative estimate of drug-likeness (QED) is 0.392. The summed E-state index contributed by atoms with van der Waals surface area (Å²) in [6.07, 6.45) is 0.148. The third-order valence-corrected chi connectivity index (χ3v) is 3.36. The molecule has 0 fully saturated rings. The number of carbonyl (C=O) groups is 4. The van der Waals surface area contributed by atoms with Gasteiger partial charge in [0.2, 0.25) is 0 Å². The van der Waals surface area contributed by atoms with E-state index in [2.05, 4.69) is 10.3 Å². The lowest BCUT2D eigenvalue weighted by Crippen LogP contribution is -2.17. The molecule has 11 heteroatoms. The Kier molecular flexibility index (Phi) is 5.25. The lowest BCUT2D eigenvalue weighted by Gasteiger charge is -2.11. The Morgan fingerprint density at radius 3 is 2.15 bits per heavy atom. The Balaban J connectivity index is 2.43. The predicted molar refractivity (Wildman–Crippen MR) is 87.2 cm³/mol. The fraction of sp³-hybridized carbons (Fsp3) is 0.0625. The van der Waals surface area contributed by atoms with Gasteiger partial charge in [-0.05, 0) is 18.2 Å². The summed E-state index contributed by atoms with van der Waals surface area (Å²) in [7, 11) is 0. The van der Waals surface area contributed by atoms with Crippen LogP contribution in [0.1, 0.15) is 36.6 Å². The second-order valence-corrected chi connectivity index (χ2v) is 5.26. The van der Waals surface area contributed by atoms with Gasteiger partial charge in [0.05, 0.1) is 17.5 Å². The van der Waals surface area contributed by atoms with Crippen LogP contribution in [0.4, 0.5) is 5.82 Å². The normalized spacial score (nSPS) is 10.2. The molecule has 0 radical (unpaired) electrons. The van der Waals surface area contributed by atoms with Crippen molar-refractivity contribution < 1.29 is 44.7 Å². The second-order valence-electron chi connectivity index (χ2n) is 5.26. The fourth-order valence-corrected chi connectivity index (χ4v) is 2.17. The molecule has 0 saturated carbocycles. The summed E-state index contributed by atoms with van der Waals surface area (Å²) in [4.78, 5) is 48.9. The number of benzene rings is 1. The molecule has 1 aromatic carbocycles. The number of carboxylic acid groups (broad SMARTS) is 3. The number of anilines is 1. The zero-order valence-electron chi connectivity index (χ0n) is 13.3. The number of amides is 1. The predicted octanol–water partition coefficient (Wildman–Crippen LogP) is 0.769. The topological polar surface area (TPSA) is 194 Å². The molecule has 0 bridgehead atoms. The Morgan fingerprint density at radius 2 is 1.59 bits per heavy atom. The molecular formula is C16H12N2O9. The van der Waals surface area contributed by atoms with Gasteiger partial charge < -0.3 is 30.8 Å². The number of rotatable bonds is 6. The van der Waals surface area contributed by atoms with E-state index in [9.17, 15) is 29.4 Å². The van der Waals surface area contributed by atoms with Crippen molar-refractivity contribution in [1.29, 1.82) is 0 Å². The number of phenolic OH excluding ortho intramolecular Hbond substituents is 2. The smallest absolute Gasteiger partial charge is 0.339 e. The number of aromatic hydroxyl groups is 2. The number of aromatic nitrogens is 1. The van der Waals surface area contributed by atoms with E-state index in [1.54, 1.807) is 0 Å². The molecule has 0 unspecified atom stereocenters. The van der Waals surface area contributed by atoms with Gasteiger partial charge in [0.15, 0.2) is 0 Å². The molecular weight excluding hydrogens is 364 g/mol. The molecule has 1 amide bonds. The Morgan fingerprint density at radius 1 is 0.926 bits per heavy atom. The van der Waals surface area contributed by atoms with Gasteiger partial charge in [-0.15, -0.1) is 0 Å². The van der Waals surface area contributed by atoms with Crippen molar-refractivity contribution in [2.24, 2.45) is 0 Å². The molecule has 0 atom stereocenters. The molecule has 0 aliphatic rings. The average molecular weight is 376 g/mol. The van der Waals surface area contributed by atoms with Crippen molar-refractivity contribution in [2.75, 3.05) is 5.32 Å². The molecule has 1 heterocycles. The molecule has 140 valence electrons. The van der Waals surface area contributed by atoms with Gasteiger partial charge in [0.1, 0.15) is 22.9 Å². The van der Waals surface area contributed by atoms with Crippen LogP contribution in [-0.2, 0) is 11.2 Å². The first-order chi connectivity index (χ1) is 12.6. The van der Waals surface area contributed by atoms with Crippen LogP contribution in [0.5, 0.6) is 11.5 Å².